The summed E-state index contributed by atoms with van der Waals surface area (Å²) in [6.07, 6.45) is 13.0. The highest BCUT2D eigenvalue weighted by Gasteiger charge is 2.25. The lowest BCUT2D eigenvalue weighted by molar-refractivity contribution is -0.153. The van der Waals surface area contributed by atoms with Crippen LogP contribution < -0.4 is 5.32 Å². The molecule has 0 rings (SSSR count). The molecule has 0 spiro atoms. The Bertz CT molecular complexity index is 425. The van der Waals surface area contributed by atoms with Gasteiger partial charge in [-0.3, -0.25) is 9.59 Å². The molecule has 0 saturated carbocycles. The highest BCUT2D eigenvalue weighted by Crippen LogP contribution is 2.07. The summed E-state index contributed by atoms with van der Waals surface area (Å²) in [4.78, 5) is 35.5. The Morgan fingerprint density at radius 3 is 1.68 bits per heavy atom. The van der Waals surface area contributed by atoms with E-state index in [1.165, 1.54) is 45.4 Å². The minimum atomic E-state index is -0.977. The van der Waals surface area contributed by atoms with Crippen LogP contribution in [-0.4, -0.2) is 37.1 Å². The van der Waals surface area contributed by atoms with Gasteiger partial charge >= 0.3 is 11.9 Å². The van der Waals surface area contributed by atoms with Crippen LogP contribution in [0.3, 0.4) is 0 Å². The fraction of sp³-hybridized carbons (Fsp3) is 0.864. The maximum absolute atomic E-state index is 12.2. The number of hydrogen-bond donors (Lipinski definition) is 1. The Kier molecular flexibility index (Phi) is 17.7. The van der Waals surface area contributed by atoms with Gasteiger partial charge in [0, 0.05) is 6.92 Å². The Hall–Kier alpha value is -1.59. The summed E-state index contributed by atoms with van der Waals surface area (Å²) in [5.74, 6) is -1.42. The van der Waals surface area contributed by atoms with E-state index in [1.54, 1.807) is 0 Å². The zero-order chi connectivity index (χ0) is 21.0. The Labute approximate surface area is 171 Å². The first kappa shape index (κ1) is 26.4. The zero-order valence-electron chi connectivity index (χ0n) is 18.2. The molecule has 1 amide bonds. The number of rotatable bonds is 18. The van der Waals surface area contributed by atoms with Crippen molar-refractivity contribution < 1.29 is 23.9 Å². The molecule has 0 aliphatic heterocycles. The average molecular weight is 400 g/mol. The van der Waals surface area contributed by atoms with E-state index < -0.39 is 18.0 Å². The third-order valence-electron chi connectivity index (χ3n) is 4.54. The van der Waals surface area contributed by atoms with E-state index >= 15 is 0 Å². The fourth-order valence-electron chi connectivity index (χ4n) is 2.89. The predicted octanol–water partition coefficient (Wildman–Crippen LogP) is 4.69. The summed E-state index contributed by atoms with van der Waals surface area (Å²) >= 11 is 0. The number of hydrogen-bond acceptors (Lipinski definition) is 5. The molecule has 6 nitrogen and oxygen atoms in total. The van der Waals surface area contributed by atoms with E-state index in [1.807, 2.05) is 0 Å². The first-order chi connectivity index (χ1) is 13.5. The summed E-state index contributed by atoms with van der Waals surface area (Å²) in [5.41, 5.74) is 0. The van der Waals surface area contributed by atoms with Crippen LogP contribution in [0.1, 0.15) is 104 Å². The minimum absolute atomic E-state index is 0.190. The molecular formula is C22H41NO5. The van der Waals surface area contributed by atoms with Crippen molar-refractivity contribution >= 4 is 17.8 Å². The molecule has 0 bridgehead atoms. The molecular weight excluding hydrogens is 358 g/mol. The number of carbonyl (C=O) groups is 3. The largest absolute Gasteiger partial charge is 0.466 e. The average Bonchev–Trinajstić information content (AvgIpc) is 2.65. The standard InChI is InChI=1S/C22H41NO5/c1-4-6-8-10-12-14-16-27-21(25)18-20(23-19(3)24)22(26)28-17-15-13-11-9-7-5-2/h20H,4-18H2,1-3H3,(H,23,24)/t20-/m0/s1. The van der Waals surface area contributed by atoms with Crippen molar-refractivity contribution in [2.45, 2.75) is 110 Å². The predicted molar refractivity (Wildman–Crippen MR) is 111 cm³/mol. The Morgan fingerprint density at radius 1 is 0.714 bits per heavy atom. The van der Waals surface area contributed by atoms with Crippen molar-refractivity contribution in [1.82, 2.24) is 5.32 Å². The zero-order valence-corrected chi connectivity index (χ0v) is 18.2. The number of amides is 1. The van der Waals surface area contributed by atoms with Crippen LogP contribution in [0.2, 0.25) is 0 Å². The second-order valence-electron chi connectivity index (χ2n) is 7.38. The molecule has 0 aromatic carbocycles. The lowest BCUT2D eigenvalue weighted by atomic mass is 10.1. The maximum atomic E-state index is 12.2. The number of esters is 2. The molecule has 0 aliphatic rings. The third-order valence-corrected chi connectivity index (χ3v) is 4.54. The molecule has 1 N–H and O–H groups in total. The molecule has 0 unspecified atom stereocenters. The highest BCUT2D eigenvalue weighted by atomic mass is 16.5. The van der Waals surface area contributed by atoms with Gasteiger partial charge in [0.25, 0.3) is 0 Å². The van der Waals surface area contributed by atoms with E-state index in [4.69, 9.17) is 9.47 Å². The molecule has 0 fully saturated rings. The van der Waals surface area contributed by atoms with Crippen LogP contribution in [0.4, 0.5) is 0 Å². The van der Waals surface area contributed by atoms with Crippen LogP contribution in [0, 0.1) is 0 Å². The first-order valence-electron chi connectivity index (χ1n) is 11.1. The van der Waals surface area contributed by atoms with Gasteiger partial charge in [-0.25, -0.2) is 4.79 Å². The molecule has 1 atom stereocenters. The van der Waals surface area contributed by atoms with Gasteiger partial charge in [0.1, 0.15) is 6.04 Å². The Balaban J connectivity index is 4.04. The van der Waals surface area contributed by atoms with Crippen molar-refractivity contribution in [3.05, 3.63) is 0 Å². The minimum Gasteiger partial charge on any atom is -0.466 e. The molecule has 28 heavy (non-hydrogen) atoms. The first-order valence-corrected chi connectivity index (χ1v) is 11.1. The van der Waals surface area contributed by atoms with Crippen LogP contribution in [0.5, 0.6) is 0 Å². The monoisotopic (exact) mass is 399 g/mol. The lowest BCUT2D eigenvalue weighted by Gasteiger charge is -2.16. The smallest absolute Gasteiger partial charge is 0.329 e. The lowest BCUT2D eigenvalue weighted by Crippen LogP contribution is -2.42. The summed E-state index contributed by atoms with van der Waals surface area (Å²) in [6.45, 7) is 6.32. The van der Waals surface area contributed by atoms with Crippen molar-refractivity contribution in [2.24, 2.45) is 0 Å². The summed E-state index contributed by atoms with van der Waals surface area (Å²) in [6, 6.07) is -0.977. The summed E-state index contributed by atoms with van der Waals surface area (Å²) in [5, 5.41) is 2.49. The molecule has 164 valence electrons. The normalized spacial score (nSPS) is 11.7. The number of unbranched alkanes of at least 4 members (excludes halogenated alkanes) is 10. The maximum Gasteiger partial charge on any atom is 0.329 e. The van der Waals surface area contributed by atoms with Crippen LogP contribution in [0.25, 0.3) is 0 Å². The van der Waals surface area contributed by atoms with Gasteiger partial charge in [-0.05, 0) is 12.8 Å². The van der Waals surface area contributed by atoms with E-state index in [2.05, 4.69) is 19.2 Å². The van der Waals surface area contributed by atoms with E-state index in [0.717, 1.165) is 38.5 Å². The second-order valence-corrected chi connectivity index (χ2v) is 7.38. The molecule has 0 heterocycles. The van der Waals surface area contributed by atoms with Crippen LogP contribution >= 0.6 is 0 Å². The molecule has 0 radical (unpaired) electrons. The summed E-state index contributed by atoms with van der Waals surface area (Å²) < 4.78 is 10.4. The number of nitrogens with one attached hydrogen (secondary N) is 1. The van der Waals surface area contributed by atoms with Gasteiger partial charge in [-0.15, -0.1) is 0 Å². The fourth-order valence-corrected chi connectivity index (χ4v) is 2.89. The van der Waals surface area contributed by atoms with Gasteiger partial charge in [0.15, 0.2) is 0 Å². The number of carbonyl (C=O) groups excluding carboxylic acids is 3. The SMILES string of the molecule is CCCCCCCCOC(=O)C[C@H](NC(C)=O)C(=O)OCCCCCCCC. The van der Waals surface area contributed by atoms with Gasteiger partial charge < -0.3 is 14.8 Å². The van der Waals surface area contributed by atoms with Gasteiger partial charge in [-0.1, -0.05) is 78.1 Å². The van der Waals surface area contributed by atoms with Crippen molar-refractivity contribution in [1.29, 1.82) is 0 Å². The van der Waals surface area contributed by atoms with Crippen LogP contribution in [-0.2, 0) is 23.9 Å². The Morgan fingerprint density at radius 2 is 1.18 bits per heavy atom. The van der Waals surface area contributed by atoms with Crippen molar-refractivity contribution in [2.75, 3.05) is 13.2 Å². The number of ether oxygens (including phenoxy) is 2. The quantitative estimate of drug-likeness (QED) is 0.267. The molecule has 0 aromatic rings. The van der Waals surface area contributed by atoms with E-state index in [-0.39, 0.29) is 12.3 Å². The molecule has 0 saturated heterocycles. The molecule has 6 heteroatoms. The topological polar surface area (TPSA) is 81.7 Å². The van der Waals surface area contributed by atoms with Gasteiger partial charge in [0.2, 0.25) is 5.91 Å². The van der Waals surface area contributed by atoms with Gasteiger partial charge in [-0.2, -0.15) is 0 Å². The molecule has 0 aliphatic carbocycles. The van der Waals surface area contributed by atoms with Crippen molar-refractivity contribution in [3.63, 3.8) is 0 Å². The van der Waals surface area contributed by atoms with E-state index in [9.17, 15) is 14.4 Å². The van der Waals surface area contributed by atoms with Crippen molar-refractivity contribution in [3.8, 4) is 0 Å². The van der Waals surface area contributed by atoms with Gasteiger partial charge in [0.05, 0.1) is 19.6 Å². The van der Waals surface area contributed by atoms with Crippen LogP contribution in [0.15, 0.2) is 0 Å². The third kappa shape index (κ3) is 16.6. The summed E-state index contributed by atoms with van der Waals surface area (Å²) in [7, 11) is 0. The van der Waals surface area contributed by atoms with E-state index in [0.29, 0.717) is 13.2 Å². The second kappa shape index (κ2) is 18.8. The highest BCUT2D eigenvalue weighted by molar-refractivity contribution is 5.87. The molecule has 0 aromatic heterocycles.